The Morgan fingerprint density at radius 3 is 2.89 bits per heavy atom. The van der Waals surface area contributed by atoms with E-state index in [-0.39, 0.29) is 25.0 Å². The van der Waals surface area contributed by atoms with Crippen LogP contribution in [0.4, 0.5) is 5.69 Å². The van der Waals surface area contributed by atoms with E-state index >= 15 is 0 Å². The molecular formula is C21H27N3O3S. The summed E-state index contributed by atoms with van der Waals surface area (Å²) in [6.45, 7) is 4.90. The van der Waals surface area contributed by atoms with Gasteiger partial charge >= 0.3 is 0 Å². The lowest BCUT2D eigenvalue weighted by Crippen LogP contribution is -2.45. The molecule has 0 spiro atoms. The fraction of sp³-hybridized carbons (Fsp3) is 0.476. The van der Waals surface area contributed by atoms with Crippen LogP contribution in [0.3, 0.4) is 0 Å². The lowest BCUT2D eigenvalue weighted by atomic mass is 10.1. The fourth-order valence-electron chi connectivity index (χ4n) is 3.08. The highest BCUT2D eigenvalue weighted by atomic mass is 32.1. The van der Waals surface area contributed by atoms with Gasteiger partial charge in [-0.05, 0) is 37.5 Å². The summed E-state index contributed by atoms with van der Waals surface area (Å²) in [7, 11) is 1.78. The number of nitrogens with zero attached hydrogens (tertiary/aromatic N) is 3. The van der Waals surface area contributed by atoms with Crippen LogP contribution in [-0.4, -0.2) is 48.4 Å². The van der Waals surface area contributed by atoms with Crippen molar-refractivity contribution in [1.82, 2.24) is 9.88 Å². The van der Waals surface area contributed by atoms with E-state index in [0.717, 1.165) is 41.9 Å². The average Bonchev–Trinajstić information content (AvgIpc) is 3.16. The van der Waals surface area contributed by atoms with Crippen molar-refractivity contribution in [2.24, 2.45) is 0 Å². The zero-order valence-corrected chi connectivity index (χ0v) is 17.6. The number of ether oxygens (including phenoxy) is 1. The molecule has 1 aromatic carbocycles. The van der Waals surface area contributed by atoms with Gasteiger partial charge in [-0.3, -0.25) is 14.5 Å². The zero-order chi connectivity index (χ0) is 20.1. The third-order valence-electron chi connectivity index (χ3n) is 4.78. The molecule has 0 fully saturated rings. The Labute approximate surface area is 170 Å². The quantitative estimate of drug-likeness (QED) is 0.676. The van der Waals surface area contributed by atoms with E-state index in [1.54, 1.807) is 23.3 Å². The minimum absolute atomic E-state index is 0.0248. The number of carbonyl (C=O) groups excluding carboxylic acids is 2. The molecule has 6 nitrogen and oxygen atoms in total. The number of carbonyl (C=O) groups is 2. The number of rotatable bonds is 8. The summed E-state index contributed by atoms with van der Waals surface area (Å²) in [4.78, 5) is 33.0. The second-order valence-corrected chi connectivity index (χ2v) is 7.94. The maximum absolute atomic E-state index is 12.6. The van der Waals surface area contributed by atoms with Crippen LogP contribution in [0.5, 0.6) is 5.75 Å². The van der Waals surface area contributed by atoms with Crippen molar-refractivity contribution in [3.63, 3.8) is 0 Å². The van der Waals surface area contributed by atoms with Crippen LogP contribution in [0.1, 0.15) is 38.1 Å². The Morgan fingerprint density at radius 2 is 2.14 bits per heavy atom. The summed E-state index contributed by atoms with van der Waals surface area (Å²) in [5, 5.41) is 3.14. The van der Waals surface area contributed by atoms with Crippen molar-refractivity contribution in [1.29, 1.82) is 0 Å². The van der Waals surface area contributed by atoms with Crippen molar-refractivity contribution >= 4 is 28.8 Å². The van der Waals surface area contributed by atoms with Crippen LogP contribution in [0, 0.1) is 0 Å². The van der Waals surface area contributed by atoms with Gasteiger partial charge in [-0.25, -0.2) is 4.98 Å². The topological polar surface area (TPSA) is 62.7 Å². The van der Waals surface area contributed by atoms with Crippen LogP contribution < -0.4 is 9.64 Å². The van der Waals surface area contributed by atoms with E-state index in [0.29, 0.717) is 18.0 Å². The van der Waals surface area contributed by atoms with Crippen molar-refractivity contribution in [2.45, 2.75) is 39.5 Å². The molecule has 1 aromatic heterocycles. The number of hydrogen-bond acceptors (Lipinski definition) is 5. The van der Waals surface area contributed by atoms with Crippen LogP contribution in [0.25, 0.3) is 11.3 Å². The van der Waals surface area contributed by atoms with Gasteiger partial charge < -0.3 is 9.64 Å². The minimum Gasteiger partial charge on any atom is -0.482 e. The summed E-state index contributed by atoms with van der Waals surface area (Å²) in [5.41, 5.74) is 2.45. The molecule has 28 heavy (non-hydrogen) atoms. The number of thiazole rings is 1. The number of anilines is 1. The monoisotopic (exact) mass is 401 g/mol. The first-order valence-electron chi connectivity index (χ1n) is 9.79. The molecule has 0 bridgehead atoms. The highest BCUT2D eigenvalue weighted by Gasteiger charge is 2.28. The molecule has 0 atom stereocenters. The number of amides is 2. The van der Waals surface area contributed by atoms with E-state index in [1.807, 2.05) is 23.6 Å². The Kier molecular flexibility index (Phi) is 6.67. The second-order valence-electron chi connectivity index (χ2n) is 7.00. The summed E-state index contributed by atoms with van der Waals surface area (Å²) >= 11 is 1.65. The number of aromatic nitrogens is 1. The third-order valence-corrected chi connectivity index (χ3v) is 5.69. The van der Waals surface area contributed by atoms with Gasteiger partial charge in [0.15, 0.2) is 6.61 Å². The van der Waals surface area contributed by atoms with E-state index in [9.17, 15) is 9.59 Å². The number of aryl methyl sites for hydroxylation is 1. The largest absolute Gasteiger partial charge is 0.482 e. The summed E-state index contributed by atoms with van der Waals surface area (Å²) in [6.07, 6.45) is 3.99. The van der Waals surface area contributed by atoms with Gasteiger partial charge in [-0.1, -0.05) is 20.3 Å². The van der Waals surface area contributed by atoms with Gasteiger partial charge in [0.05, 0.1) is 16.4 Å². The molecule has 150 valence electrons. The van der Waals surface area contributed by atoms with Crippen molar-refractivity contribution in [2.75, 3.05) is 31.6 Å². The summed E-state index contributed by atoms with van der Waals surface area (Å²) in [5.74, 6) is 0.349. The van der Waals surface area contributed by atoms with Crippen LogP contribution in [0.2, 0.25) is 0 Å². The molecule has 7 heteroatoms. The standard InChI is InChI=1S/C21H27N3O3S/c1-4-6-10-23(3)20(25)12-24-17-11-15(8-9-18(17)27-13-21(24)26)16-14-28-19(22-16)7-5-2/h8-9,11,14H,4-7,10,12-13H2,1-3H3. The lowest BCUT2D eigenvalue weighted by Gasteiger charge is -2.30. The Morgan fingerprint density at radius 1 is 1.32 bits per heavy atom. The first-order valence-corrected chi connectivity index (χ1v) is 10.7. The molecule has 0 N–H and O–H groups in total. The predicted molar refractivity (Wildman–Crippen MR) is 112 cm³/mol. The zero-order valence-electron chi connectivity index (χ0n) is 16.7. The molecule has 1 aliphatic heterocycles. The fourth-order valence-corrected chi connectivity index (χ4v) is 3.99. The third kappa shape index (κ3) is 4.52. The SMILES string of the molecule is CCCCN(C)C(=O)CN1C(=O)COc2ccc(-c3csc(CCC)n3)cc21. The average molecular weight is 402 g/mol. The smallest absolute Gasteiger partial charge is 0.265 e. The number of benzene rings is 1. The normalized spacial score (nSPS) is 13.2. The minimum atomic E-state index is -0.202. The summed E-state index contributed by atoms with van der Waals surface area (Å²) in [6, 6.07) is 5.71. The van der Waals surface area contributed by atoms with Crippen LogP contribution in [-0.2, 0) is 16.0 Å². The van der Waals surface area contributed by atoms with Gasteiger partial charge in [0.1, 0.15) is 12.3 Å². The van der Waals surface area contributed by atoms with E-state index < -0.39 is 0 Å². The maximum Gasteiger partial charge on any atom is 0.265 e. The Balaban J connectivity index is 1.84. The molecule has 0 radical (unpaired) electrons. The molecule has 0 unspecified atom stereocenters. The number of hydrogen-bond donors (Lipinski definition) is 0. The van der Waals surface area contributed by atoms with Gasteiger partial charge in [0.25, 0.3) is 5.91 Å². The van der Waals surface area contributed by atoms with Gasteiger partial charge in [-0.15, -0.1) is 11.3 Å². The maximum atomic E-state index is 12.6. The molecule has 3 rings (SSSR count). The van der Waals surface area contributed by atoms with Crippen LogP contribution in [0.15, 0.2) is 23.6 Å². The molecule has 2 heterocycles. The van der Waals surface area contributed by atoms with Gasteiger partial charge in [-0.2, -0.15) is 0 Å². The molecule has 1 aliphatic rings. The highest BCUT2D eigenvalue weighted by Crippen LogP contribution is 2.36. The first kappa shape index (κ1) is 20.3. The van der Waals surface area contributed by atoms with Crippen molar-refractivity contribution in [3.8, 4) is 17.0 Å². The Bertz CT molecular complexity index is 849. The molecule has 2 amide bonds. The van der Waals surface area contributed by atoms with E-state index in [2.05, 4.69) is 18.8 Å². The van der Waals surface area contributed by atoms with Crippen molar-refractivity contribution < 1.29 is 14.3 Å². The predicted octanol–water partition coefficient (Wildman–Crippen LogP) is 3.75. The second kappa shape index (κ2) is 9.19. The number of likely N-dealkylation sites (N-methyl/N-ethyl adjacent to an activating group) is 1. The molecule has 2 aromatic rings. The number of fused-ring (bicyclic) bond motifs is 1. The summed E-state index contributed by atoms with van der Waals surface area (Å²) < 4.78 is 5.57. The van der Waals surface area contributed by atoms with Gasteiger partial charge in [0.2, 0.25) is 5.91 Å². The molecular weight excluding hydrogens is 374 g/mol. The first-order chi connectivity index (χ1) is 13.5. The Hall–Kier alpha value is -2.41. The molecule has 0 aliphatic carbocycles. The van der Waals surface area contributed by atoms with E-state index in [4.69, 9.17) is 4.74 Å². The van der Waals surface area contributed by atoms with Crippen molar-refractivity contribution in [3.05, 3.63) is 28.6 Å². The van der Waals surface area contributed by atoms with Crippen LogP contribution >= 0.6 is 11.3 Å². The molecule has 0 saturated carbocycles. The van der Waals surface area contributed by atoms with E-state index in [1.165, 1.54) is 4.90 Å². The highest BCUT2D eigenvalue weighted by molar-refractivity contribution is 7.09. The molecule has 0 saturated heterocycles. The number of unbranched alkanes of at least 4 members (excludes halogenated alkanes) is 1. The van der Waals surface area contributed by atoms with Gasteiger partial charge in [0, 0.05) is 24.5 Å². The lowest BCUT2D eigenvalue weighted by molar-refractivity contribution is -0.131.